The summed E-state index contributed by atoms with van der Waals surface area (Å²) in [6.45, 7) is 1.62. The molecule has 0 saturated heterocycles. The standard InChI is InChI=1S/C14H14F3N3O/c1-8-3-4-9(14(15,16)17)5-11(8)19-13(21)12-6-10(18)7-20(12)2/h3-7H,18H2,1-2H3,(H,19,21). The molecule has 0 atom stereocenters. The molecule has 1 aromatic carbocycles. The number of anilines is 2. The number of halogens is 3. The summed E-state index contributed by atoms with van der Waals surface area (Å²) in [5.74, 6) is -0.517. The lowest BCUT2D eigenvalue weighted by Gasteiger charge is -2.12. The van der Waals surface area contributed by atoms with Crippen molar-refractivity contribution in [2.75, 3.05) is 11.1 Å². The topological polar surface area (TPSA) is 60.1 Å². The van der Waals surface area contributed by atoms with Crippen LogP contribution in [-0.4, -0.2) is 10.5 Å². The van der Waals surface area contributed by atoms with Crippen LogP contribution in [0.25, 0.3) is 0 Å². The molecule has 4 nitrogen and oxygen atoms in total. The molecule has 2 aromatic rings. The zero-order chi connectivity index (χ0) is 15.8. The van der Waals surface area contributed by atoms with Gasteiger partial charge in [-0.1, -0.05) is 6.07 Å². The number of benzene rings is 1. The number of nitrogens with zero attached hydrogens (tertiary/aromatic N) is 1. The highest BCUT2D eigenvalue weighted by molar-refractivity contribution is 6.04. The minimum absolute atomic E-state index is 0.120. The van der Waals surface area contributed by atoms with E-state index < -0.39 is 17.6 Å². The molecule has 2 rings (SSSR count). The Balaban J connectivity index is 2.31. The number of nitrogens with two attached hydrogens (primary N) is 1. The average Bonchev–Trinajstić information content (AvgIpc) is 2.70. The predicted molar refractivity (Wildman–Crippen MR) is 74.0 cm³/mol. The first-order chi connectivity index (χ1) is 9.68. The van der Waals surface area contributed by atoms with E-state index in [1.165, 1.54) is 16.7 Å². The number of aryl methyl sites for hydroxylation is 2. The number of alkyl halides is 3. The first-order valence-electron chi connectivity index (χ1n) is 6.09. The molecule has 0 aliphatic carbocycles. The van der Waals surface area contributed by atoms with E-state index in [2.05, 4.69) is 5.32 Å². The Bertz CT molecular complexity index is 689. The lowest BCUT2D eigenvalue weighted by atomic mass is 10.1. The number of nitrogens with one attached hydrogen (secondary N) is 1. The summed E-state index contributed by atoms with van der Waals surface area (Å²) in [6, 6.07) is 4.67. The van der Waals surface area contributed by atoms with Gasteiger partial charge in [0.1, 0.15) is 5.69 Å². The molecular weight excluding hydrogens is 283 g/mol. The van der Waals surface area contributed by atoms with Crippen molar-refractivity contribution < 1.29 is 18.0 Å². The van der Waals surface area contributed by atoms with Crippen LogP contribution >= 0.6 is 0 Å². The Labute approximate surface area is 119 Å². The summed E-state index contributed by atoms with van der Waals surface area (Å²) in [6.07, 6.45) is -2.91. The van der Waals surface area contributed by atoms with Gasteiger partial charge in [0.2, 0.25) is 0 Å². The molecule has 0 aliphatic heterocycles. The first kappa shape index (κ1) is 15.0. The minimum Gasteiger partial charge on any atom is -0.397 e. The van der Waals surface area contributed by atoms with Crippen LogP contribution < -0.4 is 11.1 Å². The average molecular weight is 297 g/mol. The molecule has 0 fully saturated rings. The number of nitrogen functional groups attached to an aromatic ring is 1. The van der Waals surface area contributed by atoms with Crippen molar-refractivity contribution in [1.82, 2.24) is 4.57 Å². The van der Waals surface area contributed by atoms with Crippen LogP contribution in [0.5, 0.6) is 0 Å². The molecule has 0 bridgehead atoms. The van der Waals surface area contributed by atoms with E-state index in [9.17, 15) is 18.0 Å². The fourth-order valence-corrected chi connectivity index (χ4v) is 1.94. The molecular formula is C14H14F3N3O. The van der Waals surface area contributed by atoms with Crippen LogP contribution in [-0.2, 0) is 13.2 Å². The maximum Gasteiger partial charge on any atom is 0.416 e. The number of amides is 1. The fraction of sp³-hybridized carbons (Fsp3) is 0.214. The van der Waals surface area contributed by atoms with Crippen molar-refractivity contribution in [1.29, 1.82) is 0 Å². The van der Waals surface area contributed by atoms with E-state index in [1.54, 1.807) is 20.2 Å². The Hall–Kier alpha value is -2.44. The van der Waals surface area contributed by atoms with E-state index in [-0.39, 0.29) is 11.4 Å². The van der Waals surface area contributed by atoms with Gasteiger partial charge in [0.15, 0.2) is 0 Å². The summed E-state index contributed by atoms with van der Waals surface area (Å²) in [5.41, 5.74) is 6.10. The molecule has 3 N–H and O–H groups in total. The summed E-state index contributed by atoms with van der Waals surface area (Å²) in [7, 11) is 1.63. The third kappa shape index (κ3) is 3.18. The van der Waals surface area contributed by atoms with Gasteiger partial charge in [-0.2, -0.15) is 13.2 Å². The van der Waals surface area contributed by atoms with Gasteiger partial charge in [0, 0.05) is 18.9 Å². The molecule has 1 amide bonds. The summed E-state index contributed by atoms with van der Waals surface area (Å²) < 4.78 is 39.6. The second-order valence-electron chi connectivity index (χ2n) is 4.75. The van der Waals surface area contributed by atoms with Gasteiger partial charge in [0.25, 0.3) is 5.91 Å². The summed E-state index contributed by atoms with van der Waals surface area (Å²) >= 11 is 0. The zero-order valence-corrected chi connectivity index (χ0v) is 11.5. The van der Waals surface area contributed by atoms with Gasteiger partial charge < -0.3 is 15.6 Å². The lowest BCUT2D eigenvalue weighted by molar-refractivity contribution is -0.137. The summed E-state index contributed by atoms with van der Waals surface area (Å²) in [4.78, 5) is 12.1. The maximum atomic E-state index is 12.7. The van der Waals surface area contributed by atoms with Crippen LogP contribution in [0, 0.1) is 6.92 Å². The Morgan fingerprint density at radius 2 is 1.95 bits per heavy atom. The first-order valence-corrected chi connectivity index (χ1v) is 6.09. The highest BCUT2D eigenvalue weighted by Gasteiger charge is 2.31. The fourth-order valence-electron chi connectivity index (χ4n) is 1.94. The molecule has 21 heavy (non-hydrogen) atoms. The van der Waals surface area contributed by atoms with Gasteiger partial charge in [-0.3, -0.25) is 4.79 Å². The lowest BCUT2D eigenvalue weighted by Crippen LogP contribution is -2.16. The van der Waals surface area contributed by atoms with Crippen LogP contribution in [0.4, 0.5) is 24.5 Å². The van der Waals surface area contributed by atoms with Gasteiger partial charge >= 0.3 is 6.18 Å². The largest absolute Gasteiger partial charge is 0.416 e. The Morgan fingerprint density at radius 3 is 2.48 bits per heavy atom. The number of carbonyl (C=O) groups is 1. The molecule has 7 heteroatoms. The molecule has 0 radical (unpaired) electrons. The predicted octanol–water partition coefficient (Wildman–Crippen LogP) is 3.19. The van der Waals surface area contributed by atoms with E-state index in [4.69, 9.17) is 5.73 Å². The maximum absolute atomic E-state index is 12.7. The molecule has 0 spiro atoms. The zero-order valence-electron chi connectivity index (χ0n) is 11.5. The van der Waals surface area contributed by atoms with E-state index in [0.29, 0.717) is 11.3 Å². The van der Waals surface area contributed by atoms with Crippen LogP contribution in [0.1, 0.15) is 21.6 Å². The normalized spacial score (nSPS) is 11.5. The third-order valence-electron chi connectivity index (χ3n) is 3.07. The number of carbonyl (C=O) groups excluding carboxylic acids is 1. The van der Waals surface area contributed by atoms with Gasteiger partial charge in [0.05, 0.1) is 11.3 Å². The van der Waals surface area contributed by atoms with E-state index >= 15 is 0 Å². The van der Waals surface area contributed by atoms with Crippen molar-refractivity contribution in [3.63, 3.8) is 0 Å². The van der Waals surface area contributed by atoms with Crippen LogP contribution in [0.2, 0.25) is 0 Å². The molecule has 0 aliphatic rings. The van der Waals surface area contributed by atoms with Gasteiger partial charge in [-0.25, -0.2) is 0 Å². The van der Waals surface area contributed by atoms with Crippen LogP contribution in [0.3, 0.4) is 0 Å². The number of rotatable bonds is 2. The smallest absolute Gasteiger partial charge is 0.397 e. The van der Waals surface area contributed by atoms with Gasteiger partial charge in [-0.05, 0) is 30.7 Å². The second-order valence-corrected chi connectivity index (χ2v) is 4.75. The van der Waals surface area contributed by atoms with E-state index in [1.807, 2.05) is 0 Å². The minimum atomic E-state index is -4.46. The Morgan fingerprint density at radius 1 is 1.29 bits per heavy atom. The molecule has 1 heterocycles. The quantitative estimate of drug-likeness (QED) is 0.894. The van der Waals surface area contributed by atoms with Crippen molar-refractivity contribution in [3.8, 4) is 0 Å². The summed E-state index contributed by atoms with van der Waals surface area (Å²) in [5, 5.41) is 2.48. The highest BCUT2D eigenvalue weighted by Crippen LogP contribution is 2.32. The van der Waals surface area contributed by atoms with Crippen LogP contribution in [0.15, 0.2) is 30.5 Å². The van der Waals surface area contributed by atoms with Crippen molar-refractivity contribution in [2.24, 2.45) is 7.05 Å². The number of hydrogen-bond donors (Lipinski definition) is 2. The molecule has 112 valence electrons. The molecule has 0 saturated carbocycles. The van der Waals surface area contributed by atoms with Crippen molar-refractivity contribution in [2.45, 2.75) is 13.1 Å². The second kappa shape index (κ2) is 5.16. The van der Waals surface area contributed by atoms with Gasteiger partial charge in [-0.15, -0.1) is 0 Å². The van der Waals surface area contributed by atoms with Crippen molar-refractivity contribution in [3.05, 3.63) is 47.3 Å². The number of hydrogen-bond acceptors (Lipinski definition) is 2. The monoisotopic (exact) mass is 297 g/mol. The molecule has 0 unspecified atom stereocenters. The Kier molecular flexibility index (Phi) is 3.67. The molecule has 1 aromatic heterocycles. The highest BCUT2D eigenvalue weighted by atomic mass is 19.4. The number of aromatic nitrogens is 1. The van der Waals surface area contributed by atoms with E-state index in [0.717, 1.165) is 12.1 Å². The van der Waals surface area contributed by atoms with Crippen molar-refractivity contribution >= 4 is 17.3 Å². The third-order valence-corrected chi connectivity index (χ3v) is 3.07. The SMILES string of the molecule is Cc1ccc(C(F)(F)F)cc1NC(=O)c1cc(N)cn1C.